The quantitative estimate of drug-likeness (QED) is 0.915. The van der Waals surface area contributed by atoms with Crippen molar-refractivity contribution in [3.63, 3.8) is 0 Å². The Hall–Kier alpha value is -1.26. The van der Waals surface area contributed by atoms with E-state index < -0.39 is 0 Å². The first-order valence-corrected chi connectivity index (χ1v) is 7.37. The Morgan fingerprint density at radius 2 is 2.10 bits per heavy atom. The van der Waals surface area contributed by atoms with E-state index in [0.29, 0.717) is 18.2 Å². The molecule has 0 radical (unpaired) electrons. The number of hydrogen-bond acceptors (Lipinski definition) is 4. The normalized spacial score (nSPS) is 22.1. The lowest BCUT2D eigenvalue weighted by Crippen LogP contribution is -2.33. The van der Waals surface area contributed by atoms with E-state index >= 15 is 0 Å². The van der Waals surface area contributed by atoms with E-state index in [1.165, 1.54) is 25.1 Å². The van der Waals surface area contributed by atoms with Crippen LogP contribution in [0.1, 0.15) is 31.9 Å². The second kappa shape index (κ2) is 5.26. The van der Waals surface area contributed by atoms with E-state index in [2.05, 4.69) is 36.2 Å². The maximum absolute atomic E-state index is 5.47. The van der Waals surface area contributed by atoms with Crippen LogP contribution in [0, 0.1) is 5.41 Å². The van der Waals surface area contributed by atoms with Crippen molar-refractivity contribution >= 4 is 0 Å². The van der Waals surface area contributed by atoms with Crippen LogP contribution in [0.3, 0.4) is 0 Å². The van der Waals surface area contributed by atoms with Gasteiger partial charge in [-0.05, 0) is 43.1 Å². The summed E-state index contributed by atoms with van der Waals surface area (Å²) in [5, 5.41) is 3.43. The number of fused-ring (bicyclic) bond motifs is 1. The van der Waals surface area contributed by atoms with Crippen molar-refractivity contribution in [2.45, 2.75) is 26.3 Å². The predicted molar refractivity (Wildman–Crippen MR) is 79.2 cm³/mol. The maximum atomic E-state index is 5.47. The van der Waals surface area contributed by atoms with Gasteiger partial charge in [0.25, 0.3) is 0 Å². The SMILES string of the molecule is CNC(CN1CCC(C)(C)C1)c1ccc2c(c1)OCO2. The Morgan fingerprint density at radius 3 is 2.80 bits per heavy atom. The zero-order valence-electron chi connectivity index (χ0n) is 12.6. The summed E-state index contributed by atoms with van der Waals surface area (Å²) in [6, 6.07) is 6.58. The highest BCUT2D eigenvalue weighted by Crippen LogP contribution is 2.35. The lowest BCUT2D eigenvalue weighted by Gasteiger charge is -2.25. The van der Waals surface area contributed by atoms with Gasteiger partial charge in [-0.25, -0.2) is 0 Å². The molecule has 0 bridgehead atoms. The summed E-state index contributed by atoms with van der Waals surface area (Å²) in [7, 11) is 2.02. The number of benzene rings is 1. The van der Waals surface area contributed by atoms with E-state index in [0.717, 1.165) is 18.0 Å². The molecular formula is C16H24N2O2. The molecule has 2 aliphatic rings. The molecule has 0 spiro atoms. The molecule has 2 heterocycles. The molecule has 1 unspecified atom stereocenters. The minimum atomic E-state index is 0.332. The van der Waals surface area contributed by atoms with Gasteiger partial charge in [-0.1, -0.05) is 19.9 Å². The minimum absolute atomic E-state index is 0.332. The van der Waals surface area contributed by atoms with E-state index in [9.17, 15) is 0 Å². The molecule has 1 saturated heterocycles. The molecule has 110 valence electrons. The average Bonchev–Trinajstić information content (AvgIpc) is 3.01. The summed E-state index contributed by atoms with van der Waals surface area (Å²) >= 11 is 0. The van der Waals surface area contributed by atoms with Crippen LogP contribution in [-0.2, 0) is 0 Å². The van der Waals surface area contributed by atoms with Crippen molar-refractivity contribution in [2.75, 3.05) is 33.5 Å². The van der Waals surface area contributed by atoms with Crippen molar-refractivity contribution < 1.29 is 9.47 Å². The molecule has 1 aromatic rings. The van der Waals surface area contributed by atoms with Crippen LogP contribution in [0.4, 0.5) is 0 Å². The summed E-state index contributed by atoms with van der Waals surface area (Å²) in [5.74, 6) is 1.72. The Bertz CT molecular complexity index is 487. The third-order valence-corrected chi connectivity index (χ3v) is 4.34. The Morgan fingerprint density at radius 1 is 1.30 bits per heavy atom. The Kier molecular flexibility index (Phi) is 3.61. The molecule has 0 aromatic heterocycles. The van der Waals surface area contributed by atoms with Gasteiger partial charge >= 0.3 is 0 Å². The van der Waals surface area contributed by atoms with Crippen LogP contribution in [0.15, 0.2) is 18.2 Å². The Labute approximate surface area is 121 Å². The molecule has 1 N–H and O–H groups in total. The van der Waals surface area contributed by atoms with Crippen LogP contribution in [0.2, 0.25) is 0 Å². The van der Waals surface area contributed by atoms with Crippen LogP contribution in [-0.4, -0.2) is 38.4 Å². The fourth-order valence-corrected chi connectivity index (χ4v) is 3.13. The second-order valence-corrected chi connectivity index (χ2v) is 6.60. The van der Waals surface area contributed by atoms with Crippen molar-refractivity contribution in [1.82, 2.24) is 10.2 Å². The zero-order chi connectivity index (χ0) is 14.2. The standard InChI is InChI=1S/C16H24N2O2/c1-16(2)6-7-18(10-16)9-13(17-3)12-4-5-14-15(8-12)20-11-19-14/h4-5,8,13,17H,6-7,9-11H2,1-3H3. The molecule has 4 nitrogen and oxygen atoms in total. The largest absolute Gasteiger partial charge is 0.454 e. The highest BCUT2D eigenvalue weighted by atomic mass is 16.7. The molecule has 1 aromatic carbocycles. The van der Waals surface area contributed by atoms with Gasteiger partial charge in [0, 0.05) is 19.1 Å². The van der Waals surface area contributed by atoms with Crippen molar-refractivity contribution in [3.8, 4) is 11.5 Å². The van der Waals surface area contributed by atoms with Crippen LogP contribution >= 0.6 is 0 Å². The number of likely N-dealkylation sites (tertiary alicyclic amines) is 1. The van der Waals surface area contributed by atoms with Crippen LogP contribution in [0.25, 0.3) is 0 Å². The number of ether oxygens (including phenoxy) is 2. The fourth-order valence-electron chi connectivity index (χ4n) is 3.13. The predicted octanol–water partition coefficient (Wildman–Crippen LogP) is 2.41. The monoisotopic (exact) mass is 276 g/mol. The summed E-state index contributed by atoms with van der Waals surface area (Å²) < 4.78 is 10.8. The third kappa shape index (κ3) is 2.76. The highest BCUT2D eigenvalue weighted by Gasteiger charge is 2.30. The molecule has 0 amide bonds. The number of nitrogens with one attached hydrogen (secondary N) is 1. The van der Waals surface area contributed by atoms with Gasteiger partial charge < -0.3 is 19.7 Å². The van der Waals surface area contributed by atoms with Gasteiger partial charge in [-0.15, -0.1) is 0 Å². The molecule has 1 fully saturated rings. The minimum Gasteiger partial charge on any atom is -0.454 e. The summed E-state index contributed by atoms with van der Waals surface area (Å²) in [5.41, 5.74) is 1.72. The van der Waals surface area contributed by atoms with Crippen LogP contribution < -0.4 is 14.8 Å². The van der Waals surface area contributed by atoms with Gasteiger partial charge in [0.2, 0.25) is 6.79 Å². The first kappa shape index (κ1) is 13.7. The maximum Gasteiger partial charge on any atom is 0.231 e. The van der Waals surface area contributed by atoms with E-state index in [4.69, 9.17) is 9.47 Å². The van der Waals surface area contributed by atoms with Gasteiger partial charge in [0.05, 0.1) is 0 Å². The summed E-state index contributed by atoms with van der Waals surface area (Å²) in [6.45, 7) is 8.44. The van der Waals surface area contributed by atoms with E-state index in [1.807, 2.05) is 13.1 Å². The molecule has 1 atom stereocenters. The average molecular weight is 276 g/mol. The van der Waals surface area contributed by atoms with E-state index in [1.54, 1.807) is 0 Å². The molecule has 0 aliphatic carbocycles. The van der Waals surface area contributed by atoms with Gasteiger partial charge in [0.15, 0.2) is 11.5 Å². The molecule has 4 heteroatoms. The first-order chi connectivity index (χ1) is 9.57. The van der Waals surface area contributed by atoms with E-state index in [-0.39, 0.29) is 0 Å². The first-order valence-electron chi connectivity index (χ1n) is 7.37. The molecule has 2 aliphatic heterocycles. The number of rotatable bonds is 4. The van der Waals surface area contributed by atoms with Crippen LogP contribution in [0.5, 0.6) is 11.5 Å². The van der Waals surface area contributed by atoms with Crippen molar-refractivity contribution in [1.29, 1.82) is 0 Å². The number of likely N-dealkylation sites (N-methyl/N-ethyl adjacent to an activating group) is 1. The highest BCUT2D eigenvalue weighted by molar-refractivity contribution is 5.45. The molecule has 0 saturated carbocycles. The lowest BCUT2D eigenvalue weighted by molar-refractivity contribution is 0.174. The Balaban J connectivity index is 1.70. The van der Waals surface area contributed by atoms with Crippen molar-refractivity contribution in [3.05, 3.63) is 23.8 Å². The number of hydrogen-bond donors (Lipinski definition) is 1. The molecule has 20 heavy (non-hydrogen) atoms. The molecule has 3 rings (SSSR count). The van der Waals surface area contributed by atoms with Gasteiger partial charge in [-0.2, -0.15) is 0 Å². The summed E-state index contributed by atoms with van der Waals surface area (Å²) in [4.78, 5) is 2.55. The van der Waals surface area contributed by atoms with Crippen molar-refractivity contribution in [2.24, 2.45) is 5.41 Å². The smallest absolute Gasteiger partial charge is 0.231 e. The third-order valence-electron chi connectivity index (χ3n) is 4.34. The fraction of sp³-hybridized carbons (Fsp3) is 0.625. The van der Waals surface area contributed by atoms with Gasteiger partial charge in [0.1, 0.15) is 0 Å². The second-order valence-electron chi connectivity index (χ2n) is 6.60. The topological polar surface area (TPSA) is 33.7 Å². The zero-order valence-corrected chi connectivity index (χ0v) is 12.6. The summed E-state index contributed by atoms with van der Waals surface area (Å²) in [6.07, 6.45) is 1.28. The number of nitrogens with zero attached hydrogens (tertiary/aromatic N) is 1. The molecular weight excluding hydrogens is 252 g/mol. The lowest BCUT2D eigenvalue weighted by atomic mass is 9.93. The van der Waals surface area contributed by atoms with Gasteiger partial charge in [-0.3, -0.25) is 0 Å².